The van der Waals surface area contributed by atoms with Crippen LogP contribution >= 0.6 is 34.7 Å². The smallest absolute Gasteiger partial charge is 0.321 e. The summed E-state index contributed by atoms with van der Waals surface area (Å²) in [5, 5.41) is 4.85. The van der Waals surface area contributed by atoms with E-state index in [0.717, 1.165) is 16.4 Å². The van der Waals surface area contributed by atoms with Gasteiger partial charge in [-0.2, -0.15) is 9.36 Å². The molecule has 28 heavy (non-hydrogen) atoms. The van der Waals surface area contributed by atoms with Gasteiger partial charge < -0.3 is 15.1 Å². The molecule has 144 valence electrons. The van der Waals surface area contributed by atoms with Gasteiger partial charge in [0.15, 0.2) is 5.82 Å². The van der Waals surface area contributed by atoms with Crippen LogP contribution in [0.4, 0.5) is 15.6 Å². The summed E-state index contributed by atoms with van der Waals surface area (Å²) in [4.78, 5) is 21.0. The number of para-hydroxylation sites is 1. The van der Waals surface area contributed by atoms with Crippen molar-refractivity contribution < 1.29 is 4.79 Å². The average molecular weight is 434 g/mol. The molecule has 6 nitrogen and oxygen atoms in total. The van der Waals surface area contributed by atoms with E-state index in [0.29, 0.717) is 42.0 Å². The Bertz CT molecular complexity index is 953. The molecule has 0 atom stereocenters. The molecule has 1 aliphatic heterocycles. The van der Waals surface area contributed by atoms with Gasteiger partial charge in [0.2, 0.25) is 5.13 Å². The first kappa shape index (κ1) is 19.0. The molecule has 3 aromatic rings. The molecule has 1 aliphatic rings. The standard InChI is InChI=1S/C19H17Cl2N5OS/c20-14-10-13(11-15(21)12-14)17-23-19(28-24-17)26-8-6-25(7-9-26)18(27)22-16-4-2-1-3-5-16/h1-5,10-12H,6-9H2,(H,22,27). The molecule has 0 radical (unpaired) electrons. The number of nitrogens with zero attached hydrogens (tertiary/aromatic N) is 4. The molecule has 2 aromatic carbocycles. The number of amides is 2. The number of piperazine rings is 1. The number of aromatic nitrogens is 2. The Balaban J connectivity index is 1.38. The van der Waals surface area contributed by atoms with Gasteiger partial charge in [0, 0.05) is 59.0 Å². The lowest BCUT2D eigenvalue weighted by molar-refractivity contribution is 0.208. The summed E-state index contributed by atoms with van der Waals surface area (Å²) >= 11 is 13.5. The van der Waals surface area contributed by atoms with Crippen molar-refractivity contribution in [1.82, 2.24) is 14.3 Å². The Morgan fingerprint density at radius 2 is 1.68 bits per heavy atom. The Kier molecular flexibility index (Phi) is 5.66. The summed E-state index contributed by atoms with van der Waals surface area (Å²) in [5.74, 6) is 0.605. The third-order valence-electron chi connectivity index (χ3n) is 4.40. The fourth-order valence-corrected chi connectivity index (χ4v) is 4.23. The van der Waals surface area contributed by atoms with E-state index in [4.69, 9.17) is 23.2 Å². The van der Waals surface area contributed by atoms with Crippen molar-refractivity contribution in [3.05, 3.63) is 58.6 Å². The predicted molar refractivity (Wildman–Crippen MR) is 115 cm³/mol. The second-order valence-corrected chi connectivity index (χ2v) is 7.93. The maximum atomic E-state index is 12.4. The Morgan fingerprint density at radius 3 is 2.36 bits per heavy atom. The van der Waals surface area contributed by atoms with E-state index in [2.05, 4.69) is 19.6 Å². The largest absolute Gasteiger partial charge is 0.343 e. The van der Waals surface area contributed by atoms with E-state index in [9.17, 15) is 4.79 Å². The number of hydrogen-bond acceptors (Lipinski definition) is 5. The fraction of sp³-hybridized carbons (Fsp3) is 0.211. The highest BCUT2D eigenvalue weighted by molar-refractivity contribution is 7.09. The molecule has 0 unspecified atom stereocenters. The Morgan fingerprint density at radius 1 is 1.00 bits per heavy atom. The molecule has 0 spiro atoms. The summed E-state index contributed by atoms with van der Waals surface area (Å²) in [6, 6.07) is 14.6. The van der Waals surface area contributed by atoms with Crippen molar-refractivity contribution in [2.24, 2.45) is 0 Å². The van der Waals surface area contributed by atoms with Gasteiger partial charge in [-0.25, -0.2) is 4.79 Å². The second-order valence-electron chi connectivity index (χ2n) is 6.33. The molecule has 0 aliphatic carbocycles. The van der Waals surface area contributed by atoms with E-state index in [1.54, 1.807) is 18.2 Å². The van der Waals surface area contributed by atoms with Crippen molar-refractivity contribution in [1.29, 1.82) is 0 Å². The zero-order chi connectivity index (χ0) is 19.5. The third kappa shape index (κ3) is 4.38. The average Bonchev–Trinajstić information content (AvgIpc) is 3.18. The Labute approximate surface area is 176 Å². The number of carbonyl (C=O) groups excluding carboxylic acids is 1. The van der Waals surface area contributed by atoms with Gasteiger partial charge in [-0.15, -0.1) is 0 Å². The van der Waals surface area contributed by atoms with Crippen LogP contribution in [0.5, 0.6) is 0 Å². The minimum absolute atomic E-state index is 0.0858. The number of halogens is 2. The van der Waals surface area contributed by atoms with Crippen LogP contribution in [-0.4, -0.2) is 46.5 Å². The van der Waals surface area contributed by atoms with Gasteiger partial charge in [-0.3, -0.25) is 0 Å². The molecule has 1 aromatic heterocycles. The van der Waals surface area contributed by atoms with E-state index in [1.807, 2.05) is 35.2 Å². The van der Waals surface area contributed by atoms with Gasteiger partial charge in [0.25, 0.3) is 0 Å². The lowest BCUT2D eigenvalue weighted by Gasteiger charge is -2.34. The highest BCUT2D eigenvalue weighted by Crippen LogP contribution is 2.29. The molecule has 2 amide bonds. The first-order chi connectivity index (χ1) is 13.6. The van der Waals surface area contributed by atoms with E-state index in [1.165, 1.54) is 11.5 Å². The van der Waals surface area contributed by atoms with Crippen LogP contribution in [0.15, 0.2) is 48.5 Å². The van der Waals surface area contributed by atoms with Gasteiger partial charge in [-0.05, 0) is 30.3 Å². The highest BCUT2D eigenvalue weighted by Gasteiger charge is 2.23. The molecular weight excluding hydrogens is 417 g/mol. The second kappa shape index (κ2) is 8.34. The number of urea groups is 1. The maximum absolute atomic E-state index is 12.4. The van der Waals surface area contributed by atoms with Crippen molar-refractivity contribution in [3.63, 3.8) is 0 Å². The van der Waals surface area contributed by atoms with Gasteiger partial charge >= 0.3 is 6.03 Å². The van der Waals surface area contributed by atoms with Crippen LogP contribution in [0.1, 0.15) is 0 Å². The van der Waals surface area contributed by atoms with Crippen molar-refractivity contribution in [2.75, 3.05) is 36.4 Å². The molecule has 0 bridgehead atoms. The first-order valence-corrected chi connectivity index (χ1v) is 10.3. The van der Waals surface area contributed by atoms with Gasteiger partial charge in [0.1, 0.15) is 0 Å². The lowest BCUT2D eigenvalue weighted by Crippen LogP contribution is -2.50. The minimum Gasteiger partial charge on any atom is -0.343 e. The molecule has 1 saturated heterocycles. The monoisotopic (exact) mass is 433 g/mol. The number of rotatable bonds is 3. The molecule has 2 heterocycles. The SMILES string of the molecule is O=C(Nc1ccccc1)N1CCN(c2nc(-c3cc(Cl)cc(Cl)c3)ns2)CC1. The van der Waals surface area contributed by atoms with Gasteiger partial charge in [-0.1, -0.05) is 41.4 Å². The summed E-state index contributed by atoms with van der Waals surface area (Å²) in [6.07, 6.45) is 0. The zero-order valence-corrected chi connectivity index (χ0v) is 17.1. The number of hydrogen-bond donors (Lipinski definition) is 1. The Hall–Kier alpha value is -2.35. The van der Waals surface area contributed by atoms with Crippen LogP contribution in [0.2, 0.25) is 10.0 Å². The summed E-state index contributed by atoms with van der Waals surface area (Å²) in [7, 11) is 0. The van der Waals surface area contributed by atoms with Crippen LogP contribution in [-0.2, 0) is 0 Å². The van der Waals surface area contributed by atoms with E-state index < -0.39 is 0 Å². The number of benzene rings is 2. The quantitative estimate of drug-likeness (QED) is 0.639. The van der Waals surface area contributed by atoms with Crippen molar-refractivity contribution in [2.45, 2.75) is 0 Å². The zero-order valence-electron chi connectivity index (χ0n) is 14.8. The normalized spacial score (nSPS) is 14.2. The summed E-state index contributed by atoms with van der Waals surface area (Å²) in [5.41, 5.74) is 1.59. The van der Waals surface area contributed by atoms with Crippen molar-refractivity contribution in [3.8, 4) is 11.4 Å². The predicted octanol–water partition coefficient (Wildman–Crippen LogP) is 4.87. The molecule has 1 N–H and O–H groups in total. The van der Waals surface area contributed by atoms with E-state index >= 15 is 0 Å². The number of nitrogens with one attached hydrogen (secondary N) is 1. The summed E-state index contributed by atoms with van der Waals surface area (Å²) < 4.78 is 4.43. The molecule has 4 rings (SSSR count). The summed E-state index contributed by atoms with van der Waals surface area (Å²) in [6.45, 7) is 2.65. The lowest BCUT2D eigenvalue weighted by atomic mass is 10.2. The molecule has 9 heteroatoms. The third-order valence-corrected chi connectivity index (χ3v) is 5.61. The first-order valence-electron chi connectivity index (χ1n) is 8.74. The van der Waals surface area contributed by atoms with Crippen LogP contribution < -0.4 is 10.2 Å². The number of anilines is 2. The van der Waals surface area contributed by atoms with Crippen LogP contribution in [0, 0.1) is 0 Å². The van der Waals surface area contributed by atoms with Gasteiger partial charge in [0.05, 0.1) is 0 Å². The van der Waals surface area contributed by atoms with Crippen LogP contribution in [0.3, 0.4) is 0 Å². The highest BCUT2D eigenvalue weighted by atomic mass is 35.5. The molecular formula is C19H17Cl2N5OS. The molecule has 1 fully saturated rings. The topological polar surface area (TPSA) is 61.4 Å². The van der Waals surface area contributed by atoms with Crippen LogP contribution in [0.25, 0.3) is 11.4 Å². The van der Waals surface area contributed by atoms with E-state index in [-0.39, 0.29) is 6.03 Å². The number of carbonyl (C=O) groups is 1. The maximum Gasteiger partial charge on any atom is 0.321 e. The van der Waals surface area contributed by atoms with Crippen molar-refractivity contribution >= 4 is 51.6 Å². The fourth-order valence-electron chi connectivity index (χ4n) is 2.97. The minimum atomic E-state index is -0.0858. The molecule has 0 saturated carbocycles.